The molecule has 1 N–H and O–H groups in total. The first-order valence-electron chi connectivity index (χ1n) is 9.21. The summed E-state index contributed by atoms with van der Waals surface area (Å²) in [5.74, 6) is 0.421. The highest BCUT2D eigenvalue weighted by atomic mass is 35.5. The minimum atomic E-state index is -0.408. The highest BCUT2D eigenvalue weighted by molar-refractivity contribution is 6.30. The lowest BCUT2D eigenvalue weighted by molar-refractivity contribution is -0.131. The molecule has 2 atom stereocenters. The van der Waals surface area contributed by atoms with E-state index in [1.54, 1.807) is 0 Å². The van der Waals surface area contributed by atoms with Crippen molar-refractivity contribution >= 4 is 17.5 Å². The maximum atomic E-state index is 13.2. The van der Waals surface area contributed by atoms with Crippen LogP contribution < -0.4 is 5.32 Å². The van der Waals surface area contributed by atoms with Gasteiger partial charge in [0.25, 0.3) is 0 Å². The van der Waals surface area contributed by atoms with E-state index in [1.807, 2.05) is 48.8 Å². The monoisotopic (exact) mass is 370 g/mol. The summed E-state index contributed by atoms with van der Waals surface area (Å²) in [6, 6.07) is 11.8. The Morgan fingerprint density at radius 2 is 1.88 bits per heavy atom. The Kier molecular flexibility index (Phi) is 4.96. The maximum absolute atomic E-state index is 13.2. The number of nitrogens with zero attached hydrogens (tertiary/aromatic N) is 1. The molecule has 1 amide bonds. The van der Waals surface area contributed by atoms with Gasteiger partial charge in [-0.25, -0.2) is 0 Å². The molecule has 0 unspecified atom stereocenters. The zero-order chi connectivity index (χ0) is 18.0. The second kappa shape index (κ2) is 7.37. The predicted octanol–water partition coefficient (Wildman–Crippen LogP) is 3.53. The number of carbonyl (C=O) groups excluding carboxylic acids is 1. The van der Waals surface area contributed by atoms with Crippen LogP contribution in [0, 0.1) is 5.92 Å². The summed E-state index contributed by atoms with van der Waals surface area (Å²) in [6.07, 6.45) is 7.37. The van der Waals surface area contributed by atoms with E-state index in [-0.39, 0.29) is 11.9 Å². The average molecular weight is 371 g/mol. The van der Waals surface area contributed by atoms with Crippen molar-refractivity contribution in [3.63, 3.8) is 0 Å². The van der Waals surface area contributed by atoms with Gasteiger partial charge in [-0.2, -0.15) is 0 Å². The molecule has 1 aromatic carbocycles. The fraction of sp³-hybridized carbons (Fsp3) is 0.429. The topological polar surface area (TPSA) is 51.2 Å². The van der Waals surface area contributed by atoms with Crippen LogP contribution in [-0.2, 0) is 21.4 Å². The number of nitrogens with one attached hydrogen (secondary N) is 1. The van der Waals surface area contributed by atoms with E-state index in [1.165, 1.54) is 5.56 Å². The molecule has 2 heterocycles. The molecule has 0 bridgehead atoms. The summed E-state index contributed by atoms with van der Waals surface area (Å²) in [5, 5.41) is 3.99. The molecular formula is C21H23ClN2O2. The SMILES string of the molecule is O=C(N[C@H]1COC[C@H]1Cc1ccncc1)C1(c2ccc(Cl)cc2)CCC1. The van der Waals surface area contributed by atoms with Crippen LogP contribution >= 0.6 is 11.6 Å². The van der Waals surface area contributed by atoms with Gasteiger partial charge < -0.3 is 10.1 Å². The van der Waals surface area contributed by atoms with Gasteiger partial charge in [-0.3, -0.25) is 9.78 Å². The van der Waals surface area contributed by atoms with Gasteiger partial charge in [-0.1, -0.05) is 30.2 Å². The predicted molar refractivity (Wildman–Crippen MR) is 101 cm³/mol. The zero-order valence-electron chi connectivity index (χ0n) is 14.7. The Morgan fingerprint density at radius 1 is 1.15 bits per heavy atom. The van der Waals surface area contributed by atoms with Crippen LogP contribution in [0.15, 0.2) is 48.8 Å². The molecule has 26 heavy (non-hydrogen) atoms. The third-order valence-corrected chi connectivity index (χ3v) is 6.05. The summed E-state index contributed by atoms with van der Waals surface area (Å²) in [6.45, 7) is 1.26. The largest absolute Gasteiger partial charge is 0.379 e. The molecule has 4 nitrogen and oxygen atoms in total. The highest BCUT2D eigenvalue weighted by Crippen LogP contribution is 2.44. The van der Waals surface area contributed by atoms with Crippen LogP contribution in [0.2, 0.25) is 5.02 Å². The molecule has 2 fully saturated rings. The minimum absolute atomic E-state index is 0.0560. The highest BCUT2D eigenvalue weighted by Gasteiger charge is 2.47. The Bertz CT molecular complexity index is 759. The lowest BCUT2D eigenvalue weighted by Gasteiger charge is -2.41. The van der Waals surface area contributed by atoms with E-state index < -0.39 is 5.41 Å². The van der Waals surface area contributed by atoms with E-state index in [0.717, 1.165) is 31.2 Å². The number of ether oxygens (including phenoxy) is 1. The standard InChI is InChI=1S/C21H23ClN2O2/c22-18-4-2-17(3-5-18)21(8-1-9-21)20(25)24-19-14-26-13-16(19)12-15-6-10-23-11-7-15/h2-7,10-11,16,19H,1,8-9,12-14H2,(H,24,25)/t16-,19+/m1/s1. The Balaban J connectivity index is 1.47. The molecule has 1 saturated carbocycles. The normalized spacial score (nSPS) is 24.0. The van der Waals surface area contributed by atoms with Crippen LogP contribution in [0.3, 0.4) is 0 Å². The van der Waals surface area contributed by atoms with E-state index in [0.29, 0.717) is 24.2 Å². The van der Waals surface area contributed by atoms with E-state index in [9.17, 15) is 4.79 Å². The number of rotatable bonds is 5. The summed E-state index contributed by atoms with van der Waals surface area (Å²) in [5.41, 5.74) is 1.88. The number of halogens is 1. The van der Waals surface area contributed by atoms with Gasteiger partial charge in [-0.15, -0.1) is 0 Å². The van der Waals surface area contributed by atoms with Crippen molar-refractivity contribution in [1.29, 1.82) is 0 Å². The van der Waals surface area contributed by atoms with E-state index >= 15 is 0 Å². The van der Waals surface area contributed by atoms with Crippen molar-refractivity contribution in [2.24, 2.45) is 5.92 Å². The molecule has 5 heteroatoms. The van der Waals surface area contributed by atoms with Crippen molar-refractivity contribution in [2.45, 2.75) is 37.1 Å². The Labute approximate surface area is 158 Å². The van der Waals surface area contributed by atoms with Crippen LogP contribution in [0.4, 0.5) is 0 Å². The number of aromatic nitrogens is 1. The maximum Gasteiger partial charge on any atom is 0.230 e. The van der Waals surface area contributed by atoms with Crippen LogP contribution in [-0.4, -0.2) is 30.1 Å². The fourth-order valence-corrected chi connectivity index (χ4v) is 4.16. The van der Waals surface area contributed by atoms with Gasteiger partial charge in [0.1, 0.15) is 0 Å². The Morgan fingerprint density at radius 3 is 2.54 bits per heavy atom. The summed E-state index contributed by atoms with van der Waals surface area (Å²) in [7, 11) is 0. The van der Waals surface area contributed by atoms with Crippen molar-refractivity contribution in [3.05, 3.63) is 64.9 Å². The Hall–Kier alpha value is -1.91. The van der Waals surface area contributed by atoms with Gasteiger partial charge >= 0.3 is 0 Å². The fourth-order valence-electron chi connectivity index (χ4n) is 4.03. The summed E-state index contributed by atoms with van der Waals surface area (Å²) in [4.78, 5) is 17.2. The molecule has 1 saturated heterocycles. The molecule has 0 spiro atoms. The van der Waals surface area contributed by atoms with Gasteiger partial charge in [0, 0.05) is 23.3 Å². The lowest BCUT2D eigenvalue weighted by Crippen LogP contribution is -2.53. The third-order valence-electron chi connectivity index (χ3n) is 5.80. The molecule has 136 valence electrons. The van der Waals surface area contributed by atoms with Gasteiger partial charge in [0.15, 0.2) is 0 Å². The molecule has 1 aliphatic heterocycles. The molecule has 1 aromatic heterocycles. The summed E-state index contributed by atoms with van der Waals surface area (Å²) < 4.78 is 5.68. The number of hydrogen-bond donors (Lipinski definition) is 1. The minimum Gasteiger partial charge on any atom is -0.379 e. The van der Waals surface area contributed by atoms with Crippen LogP contribution in [0.5, 0.6) is 0 Å². The summed E-state index contributed by atoms with van der Waals surface area (Å²) >= 11 is 6.01. The lowest BCUT2D eigenvalue weighted by atomic mass is 9.63. The smallest absolute Gasteiger partial charge is 0.230 e. The van der Waals surface area contributed by atoms with Crippen molar-refractivity contribution in [1.82, 2.24) is 10.3 Å². The number of hydrogen-bond acceptors (Lipinski definition) is 3. The average Bonchev–Trinajstić information content (AvgIpc) is 3.03. The molecule has 1 aliphatic carbocycles. The molecule has 4 rings (SSSR count). The van der Waals surface area contributed by atoms with Gasteiger partial charge in [0.2, 0.25) is 5.91 Å². The first-order chi connectivity index (χ1) is 12.7. The van der Waals surface area contributed by atoms with Crippen LogP contribution in [0.25, 0.3) is 0 Å². The van der Waals surface area contributed by atoms with E-state index in [4.69, 9.17) is 16.3 Å². The second-order valence-corrected chi connectivity index (χ2v) is 7.82. The van der Waals surface area contributed by atoms with E-state index in [2.05, 4.69) is 10.3 Å². The zero-order valence-corrected chi connectivity index (χ0v) is 15.4. The second-order valence-electron chi connectivity index (χ2n) is 7.38. The van der Waals surface area contributed by atoms with Gasteiger partial charge in [0.05, 0.1) is 24.7 Å². The molecule has 2 aliphatic rings. The third kappa shape index (κ3) is 3.36. The molecule has 2 aromatic rings. The molecule has 0 radical (unpaired) electrons. The van der Waals surface area contributed by atoms with Crippen molar-refractivity contribution in [2.75, 3.05) is 13.2 Å². The first kappa shape index (κ1) is 17.5. The van der Waals surface area contributed by atoms with Crippen LogP contribution in [0.1, 0.15) is 30.4 Å². The number of carbonyl (C=O) groups is 1. The van der Waals surface area contributed by atoms with Crippen molar-refractivity contribution < 1.29 is 9.53 Å². The van der Waals surface area contributed by atoms with Crippen molar-refractivity contribution in [3.8, 4) is 0 Å². The number of amides is 1. The number of benzene rings is 1. The molecular weight excluding hydrogens is 348 g/mol. The number of pyridine rings is 1. The van der Waals surface area contributed by atoms with Gasteiger partial charge in [-0.05, 0) is 54.7 Å². The quantitative estimate of drug-likeness (QED) is 0.875. The first-order valence-corrected chi connectivity index (χ1v) is 9.59.